The molecule has 1 aromatic carbocycles. The van der Waals surface area contributed by atoms with Gasteiger partial charge in [-0.3, -0.25) is 0 Å². The molecule has 0 fully saturated rings. The Balaban J connectivity index is 3.24. The third-order valence-electron chi connectivity index (χ3n) is 1.21. The quantitative estimate of drug-likeness (QED) is 0.420. The zero-order valence-electron chi connectivity index (χ0n) is 5.37. The molecule has 0 nitrogen and oxygen atoms in total. The van der Waals surface area contributed by atoms with Gasteiger partial charge in [0.1, 0.15) is 5.82 Å². The summed E-state index contributed by atoms with van der Waals surface area (Å²) in [6.07, 6.45) is 0. The molecule has 0 radical (unpaired) electrons. The number of hydrogen-bond donors (Lipinski definition) is 0. The minimum Gasteiger partial charge on any atom is -0.206 e. The maximum absolute atomic E-state index is 12.9. The van der Waals surface area contributed by atoms with Gasteiger partial charge in [-0.1, -0.05) is 11.6 Å². The van der Waals surface area contributed by atoms with Crippen LogP contribution in [0.1, 0.15) is 5.56 Å². The second kappa shape index (κ2) is 3.92. The van der Waals surface area contributed by atoms with Crippen LogP contribution in [-0.2, 0) is 5.88 Å². The van der Waals surface area contributed by atoms with E-state index in [0.29, 0.717) is 8.59 Å². The average Bonchev–Trinajstić information content (AvgIpc) is 1.96. The lowest BCUT2D eigenvalue weighted by Crippen LogP contribution is -1.89. The van der Waals surface area contributed by atoms with Crippen molar-refractivity contribution < 1.29 is 4.39 Å². The summed E-state index contributed by atoms with van der Waals surface area (Å²) in [4.78, 5) is 0. The zero-order valence-corrected chi connectivity index (χ0v) is 9.04. The molecule has 60 valence electrons. The Hall–Kier alpha value is 0.460. The first-order valence-electron chi connectivity index (χ1n) is 2.84. The number of alkyl halides is 1. The van der Waals surface area contributed by atoms with Crippen molar-refractivity contribution in [2.75, 3.05) is 0 Å². The molecule has 0 aromatic heterocycles. The fourth-order valence-electron chi connectivity index (χ4n) is 0.707. The molecule has 1 rings (SSSR count). The minimum atomic E-state index is -0.311. The second-order valence-corrected chi connectivity index (χ2v) is 3.78. The molecule has 0 saturated carbocycles. The summed E-state index contributed by atoms with van der Waals surface area (Å²) in [6.45, 7) is 0. The van der Waals surface area contributed by atoms with E-state index in [4.69, 9.17) is 23.2 Å². The predicted molar refractivity (Wildman–Crippen MR) is 53.7 cm³/mol. The van der Waals surface area contributed by atoms with E-state index in [-0.39, 0.29) is 11.7 Å². The summed E-state index contributed by atoms with van der Waals surface area (Å²) in [5.41, 5.74) is 0.734. The van der Waals surface area contributed by atoms with E-state index >= 15 is 0 Å². The number of benzene rings is 1. The molecule has 0 aliphatic carbocycles. The van der Waals surface area contributed by atoms with Crippen molar-refractivity contribution in [3.63, 3.8) is 0 Å². The highest BCUT2D eigenvalue weighted by Crippen LogP contribution is 2.22. The Morgan fingerprint density at radius 2 is 2.09 bits per heavy atom. The molecule has 0 aliphatic heterocycles. The highest BCUT2D eigenvalue weighted by atomic mass is 127. The lowest BCUT2D eigenvalue weighted by molar-refractivity contribution is 0.618. The third-order valence-corrected chi connectivity index (χ3v) is 2.93. The zero-order chi connectivity index (χ0) is 8.43. The fraction of sp³-hybridized carbons (Fsp3) is 0.143. The van der Waals surface area contributed by atoms with Crippen LogP contribution in [0.15, 0.2) is 12.1 Å². The normalized spacial score (nSPS) is 10.2. The van der Waals surface area contributed by atoms with E-state index in [1.807, 2.05) is 22.6 Å². The van der Waals surface area contributed by atoms with Gasteiger partial charge in [0.2, 0.25) is 0 Å². The second-order valence-electron chi connectivity index (χ2n) is 1.99. The molecule has 0 atom stereocenters. The molecule has 1 aromatic rings. The van der Waals surface area contributed by atoms with Gasteiger partial charge < -0.3 is 0 Å². The maximum atomic E-state index is 12.9. The van der Waals surface area contributed by atoms with Gasteiger partial charge in [-0.2, -0.15) is 0 Å². The first kappa shape index (κ1) is 9.55. The lowest BCUT2D eigenvalue weighted by atomic mass is 10.2. The van der Waals surface area contributed by atoms with Crippen molar-refractivity contribution in [3.8, 4) is 0 Å². The Labute approximate surface area is 87.8 Å². The molecule has 11 heavy (non-hydrogen) atoms. The van der Waals surface area contributed by atoms with Crippen LogP contribution in [0, 0.1) is 9.39 Å². The molecule has 0 unspecified atom stereocenters. The van der Waals surface area contributed by atoms with Crippen LogP contribution in [0.2, 0.25) is 5.02 Å². The van der Waals surface area contributed by atoms with Crippen LogP contribution in [-0.4, -0.2) is 0 Å². The molecule has 0 heterocycles. The standard InChI is InChI=1S/C7H4Cl2FI/c8-3-4-1-5(9)2-6(10)7(4)11/h1-2H,3H2. The topological polar surface area (TPSA) is 0 Å². The van der Waals surface area contributed by atoms with Crippen molar-refractivity contribution in [3.05, 3.63) is 32.1 Å². The van der Waals surface area contributed by atoms with E-state index in [1.54, 1.807) is 6.07 Å². The van der Waals surface area contributed by atoms with E-state index in [1.165, 1.54) is 6.07 Å². The van der Waals surface area contributed by atoms with Gasteiger partial charge in [0.05, 0.1) is 3.57 Å². The van der Waals surface area contributed by atoms with Crippen molar-refractivity contribution in [1.82, 2.24) is 0 Å². The van der Waals surface area contributed by atoms with E-state index in [9.17, 15) is 4.39 Å². The first-order valence-corrected chi connectivity index (χ1v) is 4.83. The van der Waals surface area contributed by atoms with Crippen LogP contribution < -0.4 is 0 Å². The van der Waals surface area contributed by atoms with Gasteiger partial charge >= 0.3 is 0 Å². The largest absolute Gasteiger partial charge is 0.206 e. The highest BCUT2D eigenvalue weighted by molar-refractivity contribution is 14.1. The number of rotatable bonds is 1. The summed E-state index contributed by atoms with van der Waals surface area (Å²) in [5.74, 6) is -0.0239. The predicted octanol–water partition coefficient (Wildman–Crippen LogP) is 3.82. The molecular formula is C7H4Cl2FI. The van der Waals surface area contributed by atoms with Crippen LogP contribution in [0.25, 0.3) is 0 Å². The Morgan fingerprint density at radius 1 is 1.45 bits per heavy atom. The molecular weight excluding hydrogens is 301 g/mol. The van der Waals surface area contributed by atoms with Crippen LogP contribution in [0.5, 0.6) is 0 Å². The first-order chi connectivity index (χ1) is 5.15. The van der Waals surface area contributed by atoms with Gasteiger partial charge in [-0.05, 0) is 40.3 Å². The molecule has 0 aliphatic rings. The highest BCUT2D eigenvalue weighted by Gasteiger charge is 2.05. The van der Waals surface area contributed by atoms with Crippen molar-refractivity contribution in [2.45, 2.75) is 5.88 Å². The summed E-state index contributed by atoms with van der Waals surface area (Å²) < 4.78 is 13.4. The smallest absolute Gasteiger partial charge is 0.138 e. The number of hydrogen-bond acceptors (Lipinski definition) is 0. The Kier molecular flexibility index (Phi) is 3.40. The molecule has 0 spiro atoms. The van der Waals surface area contributed by atoms with Gasteiger partial charge in [-0.25, -0.2) is 4.39 Å². The molecule has 0 saturated heterocycles. The maximum Gasteiger partial charge on any atom is 0.138 e. The lowest BCUT2D eigenvalue weighted by Gasteiger charge is -2.01. The Morgan fingerprint density at radius 3 is 2.64 bits per heavy atom. The monoisotopic (exact) mass is 304 g/mol. The van der Waals surface area contributed by atoms with E-state index in [2.05, 4.69) is 0 Å². The van der Waals surface area contributed by atoms with Crippen LogP contribution >= 0.6 is 45.8 Å². The summed E-state index contributed by atoms with van der Waals surface area (Å²) in [7, 11) is 0. The molecule has 0 amide bonds. The fourth-order valence-corrected chi connectivity index (χ4v) is 1.87. The molecule has 4 heteroatoms. The van der Waals surface area contributed by atoms with Crippen LogP contribution in [0.3, 0.4) is 0 Å². The average molecular weight is 305 g/mol. The van der Waals surface area contributed by atoms with Crippen LogP contribution in [0.4, 0.5) is 4.39 Å². The minimum absolute atomic E-state index is 0.287. The summed E-state index contributed by atoms with van der Waals surface area (Å²) in [6, 6.07) is 2.94. The van der Waals surface area contributed by atoms with Crippen molar-refractivity contribution in [1.29, 1.82) is 0 Å². The van der Waals surface area contributed by atoms with Gasteiger partial charge in [0.15, 0.2) is 0 Å². The van der Waals surface area contributed by atoms with Gasteiger partial charge in [0, 0.05) is 10.9 Å². The van der Waals surface area contributed by atoms with E-state index in [0.717, 1.165) is 5.56 Å². The van der Waals surface area contributed by atoms with E-state index < -0.39 is 0 Å². The third kappa shape index (κ3) is 2.20. The van der Waals surface area contributed by atoms with Gasteiger partial charge in [0.25, 0.3) is 0 Å². The SMILES string of the molecule is Fc1cc(Cl)cc(CCl)c1I. The van der Waals surface area contributed by atoms with Crippen molar-refractivity contribution in [2.24, 2.45) is 0 Å². The van der Waals surface area contributed by atoms with Gasteiger partial charge in [-0.15, -0.1) is 11.6 Å². The summed E-state index contributed by atoms with van der Waals surface area (Å²) >= 11 is 13.0. The summed E-state index contributed by atoms with van der Waals surface area (Å²) in [5, 5.41) is 0.388. The molecule has 0 bridgehead atoms. The van der Waals surface area contributed by atoms with Crippen molar-refractivity contribution >= 4 is 45.8 Å². The molecule has 0 N–H and O–H groups in total. The number of halogens is 4. The Bertz CT molecular complexity index is 275.